The number of furan rings is 2. The number of anilines is 1. The van der Waals surface area contributed by atoms with Gasteiger partial charge in [0.05, 0.1) is 12.7 Å². The molecule has 1 aliphatic rings. The second kappa shape index (κ2) is 7.46. The predicted octanol–water partition coefficient (Wildman–Crippen LogP) is 5.13. The maximum absolute atomic E-state index is 13.5. The fourth-order valence-electron chi connectivity index (χ4n) is 3.96. The van der Waals surface area contributed by atoms with Crippen molar-refractivity contribution in [1.29, 1.82) is 0 Å². The van der Waals surface area contributed by atoms with Crippen LogP contribution in [0.4, 0.5) is 5.69 Å². The number of ether oxygens (including phenoxy) is 1. The molecule has 0 spiro atoms. The first-order valence-corrected chi connectivity index (χ1v) is 9.98. The van der Waals surface area contributed by atoms with E-state index < -0.39 is 23.5 Å². The van der Waals surface area contributed by atoms with E-state index in [2.05, 4.69) is 0 Å². The fraction of sp³-hybridized carbons (Fsp3) is 0.120. The van der Waals surface area contributed by atoms with Crippen LogP contribution < -0.4 is 9.64 Å². The van der Waals surface area contributed by atoms with Crippen LogP contribution in [0.2, 0.25) is 0 Å². The summed E-state index contributed by atoms with van der Waals surface area (Å²) >= 11 is 0. The maximum Gasteiger partial charge on any atom is 0.294 e. The molecule has 160 valence electrons. The molecule has 1 amide bonds. The highest BCUT2D eigenvalue weighted by Gasteiger charge is 2.47. The highest BCUT2D eigenvalue weighted by atomic mass is 16.5. The number of methoxy groups -OCH3 is 1. The highest BCUT2D eigenvalue weighted by molar-refractivity contribution is 6.20. The third-order valence-corrected chi connectivity index (χ3v) is 5.46. The Hall–Kier alpha value is -4.26. The van der Waals surface area contributed by atoms with Crippen molar-refractivity contribution in [2.45, 2.75) is 13.0 Å². The Kier molecular flexibility index (Phi) is 4.59. The molecule has 1 unspecified atom stereocenters. The molecule has 7 nitrogen and oxygen atoms in total. The Bertz CT molecular complexity index is 1360. The monoisotopic (exact) mass is 429 g/mol. The zero-order valence-electron chi connectivity index (χ0n) is 17.4. The normalized spacial score (nSPS) is 16.2. The van der Waals surface area contributed by atoms with Crippen molar-refractivity contribution in [3.05, 3.63) is 95.3 Å². The van der Waals surface area contributed by atoms with Gasteiger partial charge in [-0.2, -0.15) is 0 Å². The summed E-state index contributed by atoms with van der Waals surface area (Å²) in [5, 5.41) is 11.6. The molecule has 5 rings (SSSR count). The second-order valence-electron chi connectivity index (χ2n) is 7.47. The first kappa shape index (κ1) is 19.7. The van der Waals surface area contributed by atoms with E-state index >= 15 is 0 Å². The lowest BCUT2D eigenvalue weighted by Gasteiger charge is -2.25. The van der Waals surface area contributed by atoms with Crippen LogP contribution in [0.15, 0.2) is 86.9 Å². The topological polar surface area (TPSA) is 93.1 Å². The summed E-state index contributed by atoms with van der Waals surface area (Å²) in [5.74, 6) is -0.421. The van der Waals surface area contributed by atoms with Gasteiger partial charge in [-0.05, 0) is 43.3 Å². The van der Waals surface area contributed by atoms with E-state index in [4.69, 9.17) is 13.6 Å². The van der Waals surface area contributed by atoms with Crippen LogP contribution in [0.25, 0.3) is 11.0 Å². The van der Waals surface area contributed by atoms with Crippen molar-refractivity contribution in [2.24, 2.45) is 0 Å². The van der Waals surface area contributed by atoms with Crippen LogP contribution in [0.5, 0.6) is 5.75 Å². The third kappa shape index (κ3) is 3.06. The van der Waals surface area contributed by atoms with Crippen LogP contribution in [0, 0.1) is 6.92 Å². The number of rotatable bonds is 5. The lowest BCUT2D eigenvalue weighted by atomic mass is 9.99. The van der Waals surface area contributed by atoms with Gasteiger partial charge in [-0.1, -0.05) is 24.3 Å². The minimum Gasteiger partial charge on any atom is -0.503 e. The minimum absolute atomic E-state index is 0.0290. The lowest BCUT2D eigenvalue weighted by molar-refractivity contribution is -0.117. The van der Waals surface area contributed by atoms with Gasteiger partial charge < -0.3 is 18.7 Å². The molecular weight excluding hydrogens is 410 g/mol. The zero-order valence-corrected chi connectivity index (χ0v) is 17.4. The summed E-state index contributed by atoms with van der Waals surface area (Å²) < 4.78 is 16.8. The first-order valence-electron chi connectivity index (χ1n) is 9.98. The maximum atomic E-state index is 13.5. The standard InChI is InChI=1S/C25H19NO6/c1-14-10-11-19(31-14)22-21(23(27)20-12-15-6-3-4-9-18(15)32-20)24(28)25(29)26(22)16-7-5-8-17(13-16)30-2/h3-13,22,28H,1-2H3. The molecule has 1 atom stereocenters. The van der Waals surface area contributed by atoms with E-state index in [0.29, 0.717) is 28.5 Å². The summed E-state index contributed by atoms with van der Waals surface area (Å²) in [6.45, 7) is 1.76. The molecular formula is C25H19NO6. The molecule has 2 aromatic carbocycles. The Morgan fingerprint density at radius 3 is 2.56 bits per heavy atom. The largest absolute Gasteiger partial charge is 0.503 e. The van der Waals surface area contributed by atoms with E-state index in [1.54, 1.807) is 61.5 Å². The van der Waals surface area contributed by atoms with Gasteiger partial charge in [0.2, 0.25) is 5.78 Å². The van der Waals surface area contributed by atoms with E-state index in [-0.39, 0.29) is 11.3 Å². The van der Waals surface area contributed by atoms with E-state index in [0.717, 1.165) is 5.39 Å². The molecule has 0 bridgehead atoms. The molecule has 0 aliphatic carbocycles. The second-order valence-corrected chi connectivity index (χ2v) is 7.47. The Morgan fingerprint density at radius 1 is 1.03 bits per heavy atom. The number of hydrogen-bond donors (Lipinski definition) is 1. The highest BCUT2D eigenvalue weighted by Crippen LogP contribution is 2.43. The van der Waals surface area contributed by atoms with Crippen molar-refractivity contribution in [1.82, 2.24) is 0 Å². The SMILES string of the molecule is COc1cccc(N2C(=O)C(O)=C(C(=O)c3cc4ccccc4o3)C2c2ccc(C)o2)c1. The van der Waals surface area contributed by atoms with Gasteiger partial charge in [0.1, 0.15) is 28.9 Å². The average molecular weight is 429 g/mol. The number of benzene rings is 2. The number of Topliss-reactive ketones (excluding diaryl/α,β-unsaturated/α-hetero) is 1. The number of aryl methyl sites for hydroxylation is 1. The zero-order chi connectivity index (χ0) is 22.4. The quantitative estimate of drug-likeness (QED) is 0.442. The van der Waals surface area contributed by atoms with Crippen LogP contribution >= 0.6 is 0 Å². The predicted molar refractivity (Wildman–Crippen MR) is 117 cm³/mol. The Labute approximate surface area is 183 Å². The molecule has 0 fully saturated rings. The molecule has 4 aromatic rings. The molecule has 3 heterocycles. The Morgan fingerprint density at radius 2 is 1.84 bits per heavy atom. The number of aliphatic hydroxyl groups is 1. The number of hydrogen-bond acceptors (Lipinski definition) is 6. The number of fused-ring (bicyclic) bond motifs is 1. The van der Waals surface area contributed by atoms with Crippen molar-refractivity contribution in [3.8, 4) is 5.75 Å². The summed E-state index contributed by atoms with van der Waals surface area (Å²) in [5.41, 5.74) is 0.883. The third-order valence-electron chi connectivity index (χ3n) is 5.46. The van der Waals surface area contributed by atoms with Crippen LogP contribution in [-0.2, 0) is 4.79 Å². The number of amides is 1. The number of carbonyl (C=O) groups is 2. The smallest absolute Gasteiger partial charge is 0.294 e. The summed E-state index contributed by atoms with van der Waals surface area (Å²) in [7, 11) is 1.52. The van der Waals surface area contributed by atoms with Crippen molar-refractivity contribution in [2.75, 3.05) is 12.0 Å². The van der Waals surface area contributed by atoms with Gasteiger partial charge in [0.15, 0.2) is 11.5 Å². The van der Waals surface area contributed by atoms with Crippen molar-refractivity contribution >= 4 is 28.3 Å². The van der Waals surface area contributed by atoms with Gasteiger partial charge in [-0.25, -0.2) is 0 Å². The lowest BCUT2D eigenvalue weighted by Crippen LogP contribution is -2.30. The molecule has 0 saturated carbocycles. The van der Waals surface area contributed by atoms with Crippen LogP contribution in [-0.4, -0.2) is 23.9 Å². The molecule has 7 heteroatoms. The number of para-hydroxylation sites is 1. The summed E-state index contributed by atoms with van der Waals surface area (Å²) in [4.78, 5) is 28.0. The number of aliphatic hydroxyl groups excluding tert-OH is 1. The first-order chi connectivity index (χ1) is 15.5. The number of ketones is 1. The van der Waals surface area contributed by atoms with Gasteiger partial charge >= 0.3 is 0 Å². The molecule has 0 saturated heterocycles. The molecule has 2 aromatic heterocycles. The summed E-state index contributed by atoms with van der Waals surface area (Å²) in [6.07, 6.45) is 0. The Balaban J connectivity index is 1.65. The molecule has 1 aliphatic heterocycles. The van der Waals surface area contributed by atoms with Gasteiger partial charge in [0.25, 0.3) is 5.91 Å². The molecule has 1 N–H and O–H groups in total. The van der Waals surface area contributed by atoms with E-state index in [9.17, 15) is 14.7 Å². The average Bonchev–Trinajstić information content (AvgIpc) is 3.50. The van der Waals surface area contributed by atoms with Gasteiger partial charge in [0, 0.05) is 17.1 Å². The van der Waals surface area contributed by atoms with E-state index in [1.807, 2.05) is 12.1 Å². The van der Waals surface area contributed by atoms with Crippen LogP contribution in [0.3, 0.4) is 0 Å². The van der Waals surface area contributed by atoms with Crippen LogP contribution in [0.1, 0.15) is 28.1 Å². The minimum atomic E-state index is -0.969. The fourth-order valence-corrected chi connectivity index (χ4v) is 3.96. The van der Waals surface area contributed by atoms with Crippen molar-refractivity contribution < 1.29 is 28.3 Å². The van der Waals surface area contributed by atoms with E-state index in [1.165, 1.54) is 12.0 Å². The summed E-state index contributed by atoms with van der Waals surface area (Å²) in [6, 6.07) is 18.1. The molecule has 0 radical (unpaired) electrons. The molecule has 32 heavy (non-hydrogen) atoms. The number of carbonyl (C=O) groups excluding carboxylic acids is 2. The van der Waals surface area contributed by atoms with Crippen molar-refractivity contribution in [3.63, 3.8) is 0 Å². The van der Waals surface area contributed by atoms with Gasteiger partial charge in [-0.3, -0.25) is 14.5 Å². The number of nitrogens with zero attached hydrogens (tertiary/aromatic N) is 1. The van der Waals surface area contributed by atoms with Gasteiger partial charge in [-0.15, -0.1) is 0 Å².